The Bertz CT molecular complexity index is 1720. The lowest BCUT2D eigenvalue weighted by Gasteiger charge is -2.23. The van der Waals surface area contributed by atoms with Crippen LogP contribution in [0.5, 0.6) is 5.75 Å². The molecule has 0 atom stereocenters. The third-order valence-corrected chi connectivity index (χ3v) is 7.53. The molecule has 1 N–H and O–H groups in total. The van der Waals surface area contributed by atoms with Gasteiger partial charge in [0, 0.05) is 44.2 Å². The van der Waals surface area contributed by atoms with Crippen molar-refractivity contribution in [3.63, 3.8) is 0 Å². The molecular weight excluding hydrogens is 544 g/mol. The van der Waals surface area contributed by atoms with Gasteiger partial charge in [0.15, 0.2) is 0 Å². The van der Waals surface area contributed by atoms with E-state index in [2.05, 4.69) is 20.3 Å². The molecule has 0 radical (unpaired) electrons. The quantitative estimate of drug-likeness (QED) is 0.292. The fourth-order valence-electron chi connectivity index (χ4n) is 5.02. The van der Waals surface area contributed by atoms with Crippen LogP contribution >= 0.6 is 0 Å². The van der Waals surface area contributed by atoms with Crippen molar-refractivity contribution in [3.05, 3.63) is 88.9 Å². The molecule has 1 aliphatic heterocycles. The predicted molar refractivity (Wildman–Crippen MR) is 166 cm³/mol. The second-order valence-corrected chi connectivity index (χ2v) is 10.5. The van der Waals surface area contributed by atoms with Crippen molar-refractivity contribution < 1.29 is 19.1 Å². The molecule has 1 aliphatic rings. The van der Waals surface area contributed by atoms with Crippen LogP contribution in [0.2, 0.25) is 0 Å². The van der Waals surface area contributed by atoms with Gasteiger partial charge < -0.3 is 15.0 Å². The number of nitrogens with zero attached hydrogens (tertiary/aromatic N) is 5. The van der Waals surface area contributed by atoms with Gasteiger partial charge in [-0.2, -0.15) is 0 Å². The molecule has 0 bridgehead atoms. The number of amides is 3. The average molecular weight is 579 g/mol. The van der Waals surface area contributed by atoms with Crippen LogP contribution in [-0.4, -0.2) is 52.8 Å². The first kappa shape index (κ1) is 29.4. The number of anilines is 2. The van der Waals surface area contributed by atoms with E-state index in [9.17, 15) is 14.4 Å². The van der Waals surface area contributed by atoms with E-state index in [1.54, 1.807) is 42.6 Å². The highest BCUT2D eigenvalue weighted by Gasteiger charge is 2.22. The zero-order valence-electron chi connectivity index (χ0n) is 24.8. The first-order valence-electron chi connectivity index (χ1n) is 14.1. The SMILES string of the molecule is Cc1cnc2cccc(OCc3c(C)ccc(N(C)C(=O)CNC(=O)/C=C/c4ccc(N5CCCC5=O)nc4)c3C)c2n1. The molecule has 5 rings (SSSR count). The maximum absolute atomic E-state index is 13.0. The van der Waals surface area contributed by atoms with Crippen LogP contribution in [0.4, 0.5) is 11.5 Å². The number of rotatable bonds is 9. The molecule has 10 nitrogen and oxygen atoms in total. The van der Waals surface area contributed by atoms with E-state index in [0.29, 0.717) is 42.2 Å². The molecule has 4 aromatic rings. The Labute approximate surface area is 250 Å². The molecule has 10 heteroatoms. The van der Waals surface area contributed by atoms with Gasteiger partial charge in [0.1, 0.15) is 23.7 Å². The van der Waals surface area contributed by atoms with Crippen molar-refractivity contribution in [1.82, 2.24) is 20.3 Å². The molecule has 2 aromatic heterocycles. The summed E-state index contributed by atoms with van der Waals surface area (Å²) in [5.41, 5.74) is 6.64. The Hall–Kier alpha value is -5.12. The number of hydrogen-bond donors (Lipinski definition) is 1. The highest BCUT2D eigenvalue weighted by Crippen LogP contribution is 2.29. The number of ether oxygens (including phenoxy) is 1. The lowest BCUT2D eigenvalue weighted by molar-refractivity contribution is -0.122. The van der Waals surface area contributed by atoms with E-state index in [4.69, 9.17) is 4.74 Å². The summed E-state index contributed by atoms with van der Waals surface area (Å²) in [5.74, 6) is 0.662. The molecule has 2 aromatic carbocycles. The van der Waals surface area contributed by atoms with Gasteiger partial charge in [-0.05, 0) is 85.9 Å². The van der Waals surface area contributed by atoms with Gasteiger partial charge in [0.25, 0.3) is 0 Å². The van der Waals surface area contributed by atoms with Crippen molar-refractivity contribution in [2.24, 2.45) is 0 Å². The molecule has 3 heterocycles. The van der Waals surface area contributed by atoms with E-state index in [1.807, 2.05) is 51.1 Å². The Morgan fingerprint density at radius 2 is 1.91 bits per heavy atom. The summed E-state index contributed by atoms with van der Waals surface area (Å²) < 4.78 is 6.20. The van der Waals surface area contributed by atoms with Crippen LogP contribution in [0.25, 0.3) is 17.1 Å². The number of carbonyl (C=O) groups excluding carboxylic acids is 3. The normalized spacial score (nSPS) is 13.1. The standard InChI is InChI=1S/C33H34N6O4/c1-21-10-13-27(23(3)25(21)20-43-28-8-5-7-26-33(28)37-22(2)17-34-26)38(4)32(42)19-36-30(40)15-12-24-11-14-29(35-18-24)39-16-6-9-31(39)41/h5,7-8,10-15,17-18H,6,9,16,19-20H2,1-4H3,(H,36,40)/b15-12+. The number of hydrogen-bond acceptors (Lipinski definition) is 7. The number of carbonyl (C=O) groups is 3. The summed E-state index contributed by atoms with van der Waals surface area (Å²) in [6.07, 6.45) is 7.68. The van der Waals surface area contributed by atoms with Crippen molar-refractivity contribution in [3.8, 4) is 5.75 Å². The first-order chi connectivity index (χ1) is 20.7. The summed E-state index contributed by atoms with van der Waals surface area (Å²) in [5, 5.41) is 2.65. The minimum atomic E-state index is -0.399. The molecule has 43 heavy (non-hydrogen) atoms. The lowest BCUT2D eigenvalue weighted by Crippen LogP contribution is -2.38. The third kappa shape index (κ3) is 6.69. The molecule has 0 saturated carbocycles. The topological polar surface area (TPSA) is 118 Å². The number of fused-ring (bicyclic) bond motifs is 1. The van der Waals surface area contributed by atoms with E-state index >= 15 is 0 Å². The summed E-state index contributed by atoms with van der Waals surface area (Å²) in [4.78, 5) is 53.9. The van der Waals surface area contributed by atoms with Crippen LogP contribution in [0.3, 0.4) is 0 Å². The number of aryl methyl sites for hydroxylation is 2. The Morgan fingerprint density at radius 3 is 2.65 bits per heavy atom. The molecule has 0 spiro atoms. The number of aromatic nitrogens is 3. The van der Waals surface area contributed by atoms with Gasteiger partial charge in [-0.15, -0.1) is 0 Å². The minimum absolute atomic E-state index is 0.0708. The summed E-state index contributed by atoms with van der Waals surface area (Å²) in [6.45, 7) is 6.66. The van der Waals surface area contributed by atoms with Crippen LogP contribution < -0.4 is 19.9 Å². The number of nitrogens with one attached hydrogen (secondary N) is 1. The molecule has 1 saturated heterocycles. The largest absolute Gasteiger partial charge is 0.487 e. The maximum atomic E-state index is 13.0. The molecule has 1 fully saturated rings. The number of likely N-dealkylation sites (N-methyl/N-ethyl adjacent to an activating group) is 1. The smallest absolute Gasteiger partial charge is 0.246 e. The first-order valence-corrected chi connectivity index (χ1v) is 14.1. The van der Waals surface area contributed by atoms with Crippen LogP contribution in [0.15, 0.2) is 60.9 Å². The Morgan fingerprint density at radius 1 is 1.07 bits per heavy atom. The Kier molecular flexibility index (Phi) is 8.75. The molecule has 220 valence electrons. The van der Waals surface area contributed by atoms with Crippen molar-refractivity contribution in [1.29, 1.82) is 0 Å². The average Bonchev–Trinajstić information content (AvgIpc) is 3.44. The Balaban J connectivity index is 1.19. The number of benzene rings is 2. The summed E-state index contributed by atoms with van der Waals surface area (Å²) in [7, 11) is 1.69. The van der Waals surface area contributed by atoms with Crippen LogP contribution in [0, 0.1) is 20.8 Å². The van der Waals surface area contributed by atoms with Crippen LogP contribution in [-0.2, 0) is 21.0 Å². The van der Waals surface area contributed by atoms with E-state index in [-0.39, 0.29) is 18.4 Å². The van der Waals surface area contributed by atoms with Gasteiger partial charge in [-0.25, -0.2) is 9.97 Å². The van der Waals surface area contributed by atoms with Crippen molar-refractivity contribution in [2.45, 2.75) is 40.2 Å². The second kappa shape index (κ2) is 12.8. The van der Waals surface area contributed by atoms with Crippen LogP contribution in [0.1, 0.15) is 40.8 Å². The molecular formula is C33H34N6O4. The zero-order valence-corrected chi connectivity index (χ0v) is 24.8. The van der Waals surface area contributed by atoms with Gasteiger partial charge in [0.2, 0.25) is 17.7 Å². The van der Waals surface area contributed by atoms with E-state index in [0.717, 1.165) is 40.0 Å². The monoisotopic (exact) mass is 578 g/mol. The van der Waals surface area contributed by atoms with Gasteiger partial charge in [0.05, 0.1) is 17.8 Å². The highest BCUT2D eigenvalue weighted by atomic mass is 16.5. The van der Waals surface area contributed by atoms with Crippen molar-refractivity contribution in [2.75, 3.05) is 29.9 Å². The molecule has 0 aliphatic carbocycles. The van der Waals surface area contributed by atoms with E-state index < -0.39 is 5.91 Å². The lowest BCUT2D eigenvalue weighted by atomic mass is 10.0. The molecule has 0 unspecified atom stereocenters. The van der Waals surface area contributed by atoms with Gasteiger partial charge >= 0.3 is 0 Å². The summed E-state index contributed by atoms with van der Waals surface area (Å²) in [6, 6.07) is 13.1. The number of pyridine rings is 1. The summed E-state index contributed by atoms with van der Waals surface area (Å²) >= 11 is 0. The van der Waals surface area contributed by atoms with Gasteiger partial charge in [-0.1, -0.05) is 12.1 Å². The van der Waals surface area contributed by atoms with Gasteiger partial charge in [-0.3, -0.25) is 24.3 Å². The maximum Gasteiger partial charge on any atom is 0.246 e. The second-order valence-electron chi connectivity index (χ2n) is 10.5. The predicted octanol–water partition coefficient (Wildman–Crippen LogP) is 4.45. The molecule has 3 amide bonds. The highest BCUT2D eigenvalue weighted by molar-refractivity contribution is 5.99. The van der Waals surface area contributed by atoms with Crippen molar-refractivity contribution >= 4 is 46.3 Å². The third-order valence-electron chi connectivity index (χ3n) is 7.53. The van der Waals surface area contributed by atoms with E-state index in [1.165, 1.54) is 11.0 Å². The fourth-order valence-corrected chi connectivity index (χ4v) is 5.02. The minimum Gasteiger partial charge on any atom is -0.487 e. The fraction of sp³-hybridized carbons (Fsp3) is 0.273. The number of para-hydroxylation sites is 1. The zero-order chi connectivity index (χ0) is 30.5.